The van der Waals surface area contributed by atoms with Gasteiger partial charge in [-0.3, -0.25) is 9.88 Å². The van der Waals surface area contributed by atoms with E-state index in [0.717, 1.165) is 19.4 Å². The lowest BCUT2D eigenvalue weighted by Crippen LogP contribution is -2.43. The third-order valence-corrected chi connectivity index (χ3v) is 10.5. The van der Waals surface area contributed by atoms with Crippen LogP contribution in [0.2, 0.25) is 0 Å². The number of nitrogens with zero attached hydrogens (tertiary/aromatic N) is 5. The first kappa shape index (κ1) is 31.4. The molecule has 4 atom stereocenters. The number of alkyl halides is 1. The number of nitrogens with one attached hydrogen (secondary N) is 1. The van der Waals surface area contributed by atoms with Gasteiger partial charge in [0, 0.05) is 56.2 Å². The number of methoxy groups -OCH3 is 1. The van der Waals surface area contributed by atoms with Gasteiger partial charge in [-0.25, -0.2) is 18.0 Å². The Bertz CT molecular complexity index is 2060. The van der Waals surface area contributed by atoms with Gasteiger partial charge in [0.15, 0.2) is 12.6 Å². The minimum atomic E-state index is -1.12. The van der Waals surface area contributed by atoms with E-state index in [9.17, 15) is 14.3 Å². The second-order valence-electron chi connectivity index (χ2n) is 13.4. The van der Waals surface area contributed by atoms with Crippen LogP contribution in [0, 0.1) is 29.9 Å². The fraction of sp³-hybridized carbons (Fsp3) is 0.429. The third-order valence-electron chi connectivity index (χ3n) is 10.5. The van der Waals surface area contributed by atoms with Gasteiger partial charge in [-0.05, 0) is 49.4 Å². The van der Waals surface area contributed by atoms with E-state index in [1.54, 1.807) is 6.07 Å². The molecule has 2 aromatic heterocycles. The van der Waals surface area contributed by atoms with Gasteiger partial charge < -0.3 is 29.5 Å². The van der Waals surface area contributed by atoms with Crippen LogP contribution in [0.1, 0.15) is 31.2 Å². The van der Waals surface area contributed by atoms with Gasteiger partial charge in [0.2, 0.25) is 0 Å². The molecule has 4 fully saturated rings. The Balaban J connectivity index is 1.26. The minimum absolute atomic E-state index is 0.0549. The number of hydrogen-bond acceptors (Lipinski definition) is 9. The summed E-state index contributed by atoms with van der Waals surface area (Å²) in [6.45, 7) is 1.94. The van der Waals surface area contributed by atoms with Crippen LogP contribution in [0.25, 0.3) is 32.9 Å². The summed E-state index contributed by atoms with van der Waals surface area (Å²) in [6, 6.07) is 5.84. The van der Waals surface area contributed by atoms with E-state index in [2.05, 4.69) is 26.1 Å². The highest BCUT2D eigenvalue weighted by molar-refractivity contribution is 6.03. The molecule has 0 unspecified atom stereocenters. The van der Waals surface area contributed by atoms with Crippen LogP contribution < -0.4 is 19.7 Å². The summed E-state index contributed by atoms with van der Waals surface area (Å²) >= 11 is 0. The molecule has 1 amide bonds. The Kier molecular flexibility index (Phi) is 7.45. The van der Waals surface area contributed by atoms with Crippen LogP contribution in [-0.2, 0) is 4.74 Å². The van der Waals surface area contributed by atoms with E-state index in [1.807, 2.05) is 4.90 Å². The first-order valence-corrected chi connectivity index (χ1v) is 16.1. The molecule has 49 heavy (non-hydrogen) atoms. The van der Waals surface area contributed by atoms with Crippen molar-refractivity contribution in [2.24, 2.45) is 5.92 Å². The standard InChI is InChI=1S/C35H33F3N6O5/c1-3-23-26(37)6-5-19-9-22(49-18-47-2)10-24(27(19)23)29-28(38)30-25(13-39-29)31(43-14-20-11-35(20,16-43)42-33(45)46)41-32(40-30)48-17-34-7-4-8-44(34)15-21(36)12-34/h1,5-6,9-10,13,20-21,42H,4,7-8,11-12,14-18H2,2H3,(H,45,46)/t20-,21+,34-,35-/m0/s1. The lowest BCUT2D eigenvalue weighted by molar-refractivity contribution is 0.0512. The predicted octanol–water partition coefficient (Wildman–Crippen LogP) is 4.89. The number of fused-ring (bicyclic) bond motifs is 4. The molecule has 4 aliphatic rings. The number of amides is 1. The molecule has 1 saturated carbocycles. The molecule has 5 heterocycles. The zero-order valence-corrected chi connectivity index (χ0v) is 26.6. The number of carbonyl (C=O) groups is 1. The molecule has 4 aromatic rings. The molecule has 1 aliphatic carbocycles. The van der Waals surface area contributed by atoms with Gasteiger partial charge in [-0.1, -0.05) is 12.0 Å². The number of halogens is 3. The summed E-state index contributed by atoms with van der Waals surface area (Å²) < 4.78 is 63.5. The van der Waals surface area contributed by atoms with E-state index in [-0.39, 0.29) is 58.4 Å². The molecule has 254 valence electrons. The zero-order chi connectivity index (χ0) is 34.1. The monoisotopic (exact) mass is 674 g/mol. The van der Waals surface area contributed by atoms with Crippen LogP contribution in [-0.4, -0.2) is 95.0 Å². The highest BCUT2D eigenvalue weighted by Crippen LogP contribution is 2.51. The summed E-state index contributed by atoms with van der Waals surface area (Å²) in [4.78, 5) is 29.3. The number of pyridine rings is 1. The van der Waals surface area contributed by atoms with Crippen molar-refractivity contribution in [3.63, 3.8) is 0 Å². The van der Waals surface area contributed by atoms with Crippen molar-refractivity contribution in [1.82, 2.24) is 25.2 Å². The summed E-state index contributed by atoms with van der Waals surface area (Å²) in [7, 11) is 1.46. The lowest BCUT2D eigenvalue weighted by Gasteiger charge is -2.31. The molecule has 11 nitrogen and oxygen atoms in total. The third kappa shape index (κ3) is 5.23. The van der Waals surface area contributed by atoms with Crippen molar-refractivity contribution < 1.29 is 37.3 Å². The molecule has 0 radical (unpaired) electrons. The Morgan fingerprint density at radius 2 is 2.06 bits per heavy atom. The van der Waals surface area contributed by atoms with Gasteiger partial charge in [-0.2, -0.15) is 9.97 Å². The summed E-state index contributed by atoms with van der Waals surface area (Å²) in [6.07, 6.45) is 7.79. The summed E-state index contributed by atoms with van der Waals surface area (Å²) in [5.74, 6) is 1.63. The highest BCUT2D eigenvalue weighted by Gasteiger charge is 2.61. The SMILES string of the molecule is C#Cc1c(F)ccc2cc(OCOC)cc(-c3ncc4c(N5C[C@@H]6C[C@]6(NC(=O)O)C5)nc(OC[C@@]56CCCN5C[C@H](F)C6)nc4c3F)c12. The number of rotatable bonds is 9. The molecule has 8 rings (SSSR count). The Hall–Kier alpha value is -4.87. The molecule has 3 aliphatic heterocycles. The van der Waals surface area contributed by atoms with Gasteiger partial charge in [0.05, 0.1) is 22.0 Å². The van der Waals surface area contributed by atoms with Crippen molar-refractivity contribution in [2.45, 2.75) is 42.9 Å². The van der Waals surface area contributed by atoms with Gasteiger partial charge in [0.1, 0.15) is 41.4 Å². The number of carboxylic acid groups (broad SMARTS) is 1. The van der Waals surface area contributed by atoms with Crippen molar-refractivity contribution in [3.05, 3.63) is 47.7 Å². The van der Waals surface area contributed by atoms with Crippen molar-refractivity contribution >= 4 is 33.6 Å². The maximum absolute atomic E-state index is 17.0. The van der Waals surface area contributed by atoms with E-state index in [0.29, 0.717) is 49.4 Å². The van der Waals surface area contributed by atoms with Gasteiger partial charge in [0.25, 0.3) is 0 Å². The second-order valence-corrected chi connectivity index (χ2v) is 13.4. The van der Waals surface area contributed by atoms with E-state index >= 15 is 8.78 Å². The lowest BCUT2D eigenvalue weighted by atomic mass is 9.95. The number of piperidine rings is 1. The molecule has 14 heteroatoms. The molecule has 2 aromatic carbocycles. The van der Waals surface area contributed by atoms with Crippen LogP contribution in [0.5, 0.6) is 11.8 Å². The first-order valence-electron chi connectivity index (χ1n) is 16.1. The summed E-state index contributed by atoms with van der Waals surface area (Å²) in [5, 5.41) is 13.2. The summed E-state index contributed by atoms with van der Waals surface area (Å²) in [5.41, 5.74) is -1.25. The van der Waals surface area contributed by atoms with Crippen LogP contribution >= 0.6 is 0 Å². The number of hydrogen-bond donors (Lipinski definition) is 2. The quantitative estimate of drug-likeness (QED) is 0.188. The average molecular weight is 675 g/mol. The molecular weight excluding hydrogens is 641 g/mol. The Morgan fingerprint density at radius 1 is 1.20 bits per heavy atom. The number of aromatic nitrogens is 3. The maximum atomic E-state index is 17.0. The fourth-order valence-corrected chi connectivity index (χ4v) is 8.17. The number of ether oxygens (including phenoxy) is 3. The molecule has 2 N–H and O–H groups in total. The van der Waals surface area contributed by atoms with Crippen molar-refractivity contribution in [2.75, 3.05) is 51.6 Å². The smallest absolute Gasteiger partial charge is 0.405 e. The van der Waals surface area contributed by atoms with Gasteiger partial charge in [-0.15, -0.1) is 6.42 Å². The Labute approximate surface area is 279 Å². The maximum Gasteiger partial charge on any atom is 0.405 e. The van der Waals surface area contributed by atoms with E-state index < -0.39 is 35.0 Å². The number of anilines is 1. The van der Waals surface area contributed by atoms with Crippen LogP contribution in [0.3, 0.4) is 0 Å². The predicted molar refractivity (Wildman–Crippen MR) is 173 cm³/mol. The van der Waals surface area contributed by atoms with Crippen LogP contribution in [0.4, 0.5) is 23.8 Å². The van der Waals surface area contributed by atoms with E-state index in [4.69, 9.17) is 25.6 Å². The molecule has 0 spiro atoms. The Morgan fingerprint density at radius 3 is 2.86 bits per heavy atom. The second kappa shape index (κ2) is 11.6. The van der Waals surface area contributed by atoms with Crippen molar-refractivity contribution in [3.8, 4) is 35.4 Å². The highest BCUT2D eigenvalue weighted by atomic mass is 19.1. The molecular formula is C35H33F3N6O5. The normalized spacial score (nSPS) is 25.7. The largest absolute Gasteiger partial charge is 0.468 e. The van der Waals surface area contributed by atoms with Crippen molar-refractivity contribution in [1.29, 1.82) is 0 Å². The number of terminal acetylenes is 1. The number of benzene rings is 2. The first-order chi connectivity index (χ1) is 23.6. The van der Waals surface area contributed by atoms with E-state index in [1.165, 1.54) is 31.5 Å². The molecule has 3 saturated heterocycles. The minimum Gasteiger partial charge on any atom is -0.468 e. The molecule has 0 bridgehead atoms. The van der Waals surface area contributed by atoms with Gasteiger partial charge >= 0.3 is 12.1 Å². The van der Waals surface area contributed by atoms with Crippen LogP contribution in [0.15, 0.2) is 30.5 Å². The topological polar surface area (TPSA) is 122 Å². The average Bonchev–Trinajstić information content (AvgIpc) is 3.31. The fourth-order valence-electron chi connectivity index (χ4n) is 8.17. The zero-order valence-electron chi connectivity index (χ0n) is 26.6.